The molecule has 1 aromatic heterocycles. The molecule has 0 fully saturated rings. The lowest BCUT2D eigenvalue weighted by Crippen LogP contribution is -2.26. The van der Waals surface area contributed by atoms with Crippen molar-refractivity contribution >= 4 is 0 Å². The summed E-state index contributed by atoms with van der Waals surface area (Å²) in [6, 6.07) is 9.11. The van der Waals surface area contributed by atoms with Crippen LogP contribution in [0, 0.1) is 12.3 Å². The zero-order chi connectivity index (χ0) is 14.9. The molecular formula is C17H23N3O. The second kappa shape index (κ2) is 5.60. The summed E-state index contributed by atoms with van der Waals surface area (Å²) in [6.07, 6.45) is 3.51. The Kier molecular flexibility index (Phi) is 3.81. The number of benzene rings is 1. The number of nitrogens with zero attached hydrogens (tertiary/aromatic N) is 2. The minimum atomic E-state index is 0.337. The van der Waals surface area contributed by atoms with Crippen LogP contribution in [-0.4, -0.2) is 10.1 Å². The van der Waals surface area contributed by atoms with Gasteiger partial charge in [-0.2, -0.15) is 4.98 Å². The summed E-state index contributed by atoms with van der Waals surface area (Å²) in [5.41, 5.74) is 3.22. The van der Waals surface area contributed by atoms with E-state index in [-0.39, 0.29) is 0 Å². The molecule has 0 saturated heterocycles. The van der Waals surface area contributed by atoms with Crippen LogP contribution in [0.15, 0.2) is 28.8 Å². The average Bonchev–Trinajstić information content (AvgIpc) is 2.81. The van der Waals surface area contributed by atoms with Gasteiger partial charge in [-0.15, -0.1) is 0 Å². The molecule has 0 unspecified atom stereocenters. The molecule has 0 bridgehead atoms. The highest BCUT2D eigenvalue weighted by molar-refractivity contribution is 5.31. The molecule has 1 aliphatic carbocycles. The van der Waals surface area contributed by atoms with Crippen LogP contribution in [0.4, 0.5) is 0 Å². The fraction of sp³-hybridized carbons (Fsp3) is 0.529. The molecule has 21 heavy (non-hydrogen) atoms. The highest BCUT2D eigenvalue weighted by Crippen LogP contribution is 2.39. The molecule has 0 amide bonds. The Morgan fingerprint density at radius 3 is 2.90 bits per heavy atom. The smallest absolute Gasteiger partial charge is 0.223 e. The highest BCUT2D eigenvalue weighted by Gasteiger charge is 2.29. The first-order chi connectivity index (χ1) is 10.0. The molecule has 2 aromatic rings. The van der Waals surface area contributed by atoms with Crippen molar-refractivity contribution in [3.63, 3.8) is 0 Å². The van der Waals surface area contributed by atoms with Crippen molar-refractivity contribution in [1.82, 2.24) is 15.5 Å². The quantitative estimate of drug-likeness (QED) is 0.876. The van der Waals surface area contributed by atoms with Gasteiger partial charge in [-0.3, -0.25) is 0 Å². The lowest BCUT2D eigenvalue weighted by molar-refractivity contribution is 0.271. The summed E-state index contributed by atoms with van der Waals surface area (Å²) in [6.45, 7) is 7.17. The van der Waals surface area contributed by atoms with Crippen LogP contribution in [0.3, 0.4) is 0 Å². The van der Waals surface area contributed by atoms with Crippen LogP contribution < -0.4 is 5.32 Å². The van der Waals surface area contributed by atoms with Crippen LogP contribution in [0.25, 0.3) is 0 Å². The number of aryl methyl sites for hydroxylation is 2. The van der Waals surface area contributed by atoms with E-state index in [1.54, 1.807) is 0 Å². The number of rotatable bonds is 3. The molecule has 1 aromatic carbocycles. The van der Waals surface area contributed by atoms with E-state index in [1.807, 2.05) is 6.92 Å². The Morgan fingerprint density at radius 1 is 1.33 bits per heavy atom. The summed E-state index contributed by atoms with van der Waals surface area (Å²) in [7, 11) is 0. The summed E-state index contributed by atoms with van der Waals surface area (Å²) in [5, 5.41) is 7.59. The van der Waals surface area contributed by atoms with E-state index < -0.39 is 0 Å². The summed E-state index contributed by atoms with van der Waals surface area (Å²) < 4.78 is 5.04. The molecule has 0 spiro atoms. The molecule has 0 radical (unpaired) electrons. The first-order valence-corrected chi connectivity index (χ1v) is 7.64. The van der Waals surface area contributed by atoms with Gasteiger partial charge < -0.3 is 9.84 Å². The number of aromatic nitrogens is 2. The van der Waals surface area contributed by atoms with Gasteiger partial charge in [-0.05, 0) is 35.8 Å². The third-order valence-electron chi connectivity index (χ3n) is 4.33. The SMILES string of the molecule is Cc1nc(CN[C@H]2CC(C)(C)CCc3ccccc32)no1. The minimum Gasteiger partial charge on any atom is -0.340 e. The molecule has 1 heterocycles. The maximum Gasteiger partial charge on any atom is 0.223 e. The Labute approximate surface area is 126 Å². The van der Waals surface area contributed by atoms with E-state index in [2.05, 4.69) is 53.6 Å². The molecule has 1 N–H and O–H groups in total. The maximum absolute atomic E-state index is 5.04. The van der Waals surface area contributed by atoms with Crippen LogP contribution in [-0.2, 0) is 13.0 Å². The predicted octanol–water partition coefficient (Wildman–Crippen LogP) is 3.57. The van der Waals surface area contributed by atoms with E-state index in [0.717, 1.165) is 18.7 Å². The average molecular weight is 285 g/mol. The van der Waals surface area contributed by atoms with Gasteiger partial charge in [0.25, 0.3) is 0 Å². The number of hydrogen-bond acceptors (Lipinski definition) is 4. The van der Waals surface area contributed by atoms with Crippen molar-refractivity contribution < 1.29 is 4.52 Å². The van der Waals surface area contributed by atoms with Gasteiger partial charge in [0.15, 0.2) is 5.82 Å². The highest BCUT2D eigenvalue weighted by atomic mass is 16.5. The first kappa shape index (κ1) is 14.3. The van der Waals surface area contributed by atoms with Crippen molar-refractivity contribution in [2.45, 2.75) is 52.6 Å². The molecule has 1 aliphatic rings. The number of hydrogen-bond donors (Lipinski definition) is 1. The van der Waals surface area contributed by atoms with E-state index in [0.29, 0.717) is 23.9 Å². The zero-order valence-electron chi connectivity index (χ0n) is 13.0. The number of fused-ring (bicyclic) bond motifs is 1. The molecule has 4 heteroatoms. The van der Waals surface area contributed by atoms with Crippen LogP contribution in [0.1, 0.15) is 55.6 Å². The van der Waals surface area contributed by atoms with Gasteiger partial charge in [0.05, 0.1) is 6.54 Å². The monoisotopic (exact) mass is 285 g/mol. The van der Waals surface area contributed by atoms with Crippen molar-refractivity contribution in [2.75, 3.05) is 0 Å². The second-order valence-corrected chi connectivity index (χ2v) is 6.73. The fourth-order valence-corrected chi connectivity index (χ4v) is 3.15. The van der Waals surface area contributed by atoms with Crippen molar-refractivity contribution in [3.8, 4) is 0 Å². The van der Waals surface area contributed by atoms with Crippen molar-refractivity contribution in [3.05, 3.63) is 47.1 Å². The van der Waals surface area contributed by atoms with E-state index in [1.165, 1.54) is 17.5 Å². The molecule has 0 aliphatic heterocycles. The molecule has 4 nitrogen and oxygen atoms in total. The van der Waals surface area contributed by atoms with Crippen molar-refractivity contribution in [2.24, 2.45) is 5.41 Å². The lowest BCUT2D eigenvalue weighted by Gasteiger charge is -2.27. The Morgan fingerprint density at radius 2 is 2.14 bits per heavy atom. The van der Waals surface area contributed by atoms with Crippen LogP contribution in [0.2, 0.25) is 0 Å². The van der Waals surface area contributed by atoms with Gasteiger partial charge in [0.2, 0.25) is 5.89 Å². The standard InChI is InChI=1S/C17H23N3O/c1-12-19-16(20-21-12)11-18-15-10-17(2,3)9-8-13-6-4-5-7-14(13)15/h4-7,15,18H,8-11H2,1-3H3/t15-/m0/s1. The topological polar surface area (TPSA) is 51.0 Å². The third kappa shape index (κ3) is 3.32. The Balaban J connectivity index is 1.80. The van der Waals surface area contributed by atoms with E-state index in [4.69, 9.17) is 4.52 Å². The van der Waals surface area contributed by atoms with Gasteiger partial charge >= 0.3 is 0 Å². The zero-order valence-corrected chi connectivity index (χ0v) is 13.0. The fourth-order valence-electron chi connectivity index (χ4n) is 3.15. The number of nitrogens with one attached hydrogen (secondary N) is 1. The Hall–Kier alpha value is -1.68. The second-order valence-electron chi connectivity index (χ2n) is 6.73. The third-order valence-corrected chi connectivity index (χ3v) is 4.33. The van der Waals surface area contributed by atoms with E-state index in [9.17, 15) is 0 Å². The van der Waals surface area contributed by atoms with Gasteiger partial charge in [0, 0.05) is 13.0 Å². The Bertz CT molecular complexity index is 618. The molecule has 0 saturated carbocycles. The molecule has 112 valence electrons. The minimum absolute atomic E-state index is 0.337. The largest absolute Gasteiger partial charge is 0.340 e. The summed E-state index contributed by atoms with van der Waals surface area (Å²) in [4.78, 5) is 4.27. The van der Waals surface area contributed by atoms with Crippen LogP contribution >= 0.6 is 0 Å². The van der Waals surface area contributed by atoms with Gasteiger partial charge in [-0.1, -0.05) is 43.3 Å². The van der Waals surface area contributed by atoms with Crippen molar-refractivity contribution in [1.29, 1.82) is 0 Å². The van der Waals surface area contributed by atoms with Gasteiger partial charge in [0.1, 0.15) is 0 Å². The van der Waals surface area contributed by atoms with E-state index >= 15 is 0 Å². The predicted molar refractivity (Wildman–Crippen MR) is 81.8 cm³/mol. The normalized spacial score (nSPS) is 20.8. The van der Waals surface area contributed by atoms with Gasteiger partial charge in [-0.25, -0.2) is 0 Å². The summed E-state index contributed by atoms with van der Waals surface area (Å²) in [5.74, 6) is 1.35. The lowest BCUT2D eigenvalue weighted by atomic mass is 9.83. The first-order valence-electron chi connectivity index (χ1n) is 7.64. The molecule has 3 rings (SSSR count). The van der Waals surface area contributed by atoms with Crippen LogP contribution in [0.5, 0.6) is 0 Å². The maximum atomic E-state index is 5.04. The molecule has 1 atom stereocenters. The summed E-state index contributed by atoms with van der Waals surface area (Å²) >= 11 is 0. The molecular weight excluding hydrogens is 262 g/mol.